The van der Waals surface area contributed by atoms with Crippen molar-refractivity contribution in [3.05, 3.63) is 53.9 Å². The third-order valence-electron chi connectivity index (χ3n) is 3.68. The Bertz CT molecular complexity index is 518. The second kappa shape index (κ2) is 6.68. The second-order valence-corrected chi connectivity index (χ2v) is 5.36. The molecule has 4 heteroatoms. The molecule has 0 aliphatic heterocycles. The van der Waals surface area contributed by atoms with Crippen molar-refractivity contribution < 1.29 is 10.2 Å². The summed E-state index contributed by atoms with van der Waals surface area (Å²) in [5.74, 6) is 0. The van der Waals surface area contributed by atoms with Gasteiger partial charge in [-0.25, -0.2) is 0 Å². The van der Waals surface area contributed by atoms with Gasteiger partial charge in [0.2, 0.25) is 0 Å². The highest BCUT2D eigenvalue weighted by molar-refractivity contribution is 5.18. The predicted octanol–water partition coefficient (Wildman–Crippen LogP) is 1.66. The Morgan fingerprint density at radius 2 is 1.70 bits per heavy atom. The molecule has 1 aromatic carbocycles. The molecule has 2 rings (SSSR count). The molecule has 108 valence electrons. The van der Waals surface area contributed by atoms with Crippen LogP contribution < -0.4 is 0 Å². The van der Waals surface area contributed by atoms with Gasteiger partial charge in [0.05, 0.1) is 19.4 Å². The summed E-state index contributed by atoms with van der Waals surface area (Å²) in [5.41, 5.74) is 1.63. The van der Waals surface area contributed by atoms with Crippen LogP contribution in [0.2, 0.25) is 0 Å². The number of hydrogen-bond donors (Lipinski definition) is 2. The van der Waals surface area contributed by atoms with Gasteiger partial charge in [0.15, 0.2) is 0 Å². The zero-order valence-electron chi connectivity index (χ0n) is 11.9. The molecule has 0 radical (unpaired) electrons. The summed E-state index contributed by atoms with van der Waals surface area (Å²) >= 11 is 0. The van der Waals surface area contributed by atoms with E-state index in [2.05, 4.69) is 5.10 Å². The molecule has 2 N–H and O–H groups in total. The summed E-state index contributed by atoms with van der Waals surface area (Å²) in [6, 6.07) is 9.97. The Balaban J connectivity index is 2.16. The van der Waals surface area contributed by atoms with Crippen LogP contribution in [0.3, 0.4) is 0 Å². The maximum absolute atomic E-state index is 9.78. The molecule has 20 heavy (non-hydrogen) atoms. The Morgan fingerprint density at radius 3 is 2.25 bits per heavy atom. The van der Waals surface area contributed by atoms with E-state index in [9.17, 15) is 10.2 Å². The van der Waals surface area contributed by atoms with Crippen molar-refractivity contribution in [1.82, 2.24) is 9.78 Å². The lowest BCUT2D eigenvalue weighted by Crippen LogP contribution is -2.34. The van der Waals surface area contributed by atoms with Crippen molar-refractivity contribution in [3.63, 3.8) is 0 Å². The number of rotatable bonds is 7. The normalized spacial score (nSPS) is 11.8. The average Bonchev–Trinajstić information content (AvgIpc) is 2.95. The van der Waals surface area contributed by atoms with Crippen LogP contribution in [0.1, 0.15) is 18.1 Å². The monoisotopic (exact) mass is 274 g/mol. The van der Waals surface area contributed by atoms with Crippen LogP contribution in [0.4, 0.5) is 0 Å². The number of nitrogens with zero attached hydrogens (tertiary/aromatic N) is 2. The van der Waals surface area contributed by atoms with Crippen molar-refractivity contribution >= 4 is 0 Å². The smallest absolute Gasteiger partial charge is 0.0521 e. The van der Waals surface area contributed by atoms with Crippen LogP contribution in [0.15, 0.2) is 42.7 Å². The fourth-order valence-corrected chi connectivity index (χ4v) is 2.47. The minimum absolute atomic E-state index is 0.0459. The van der Waals surface area contributed by atoms with E-state index in [1.165, 1.54) is 0 Å². The average molecular weight is 274 g/mol. The van der Waals surface area contributed by atoms with E-state index in [0.717, 1.165) is 17.7 Å². The van der Waals surface area contributed by atoms with E-state index in [-0.39, 0.29) is 13.2 Å². The van der Waals surface area contributed by atoms with Gasteiger partial charge in [-0.1, -0.05) is 30.3 Å². The van der Waals surface area contributed by atoms with Crippen LogP contribution in [0.5, 0.6) is 0 Å². The van der Waals surface area contributed by atoms with Crippen molar-refractivity contribution in [2.45, 2.75) is 26.3 Å². The largest absolute Gasteiger partial charge is 0.396 e. The van der Waals surface area contributed by atoms with Crippen LogP contribution in [-0.4, -0.2) is 33.2 Å². The van der Waals surface area contributed by atoms with Crippen LogP contribution in [0, 0.1) is 5.41 Å². The first kappa shape index (κ1) is 14.8. The Morgan fingerprint density at radius 1 is 1.05 bits per heavy atom. The minimum atomic E-state index is -0.539. The van der Waals surface area contributed by atoms with E-state index in [0.29, 0.717) is 12.8 Å². The molecule has 0 saturated carbocycles. The second-order valence-electron chi connectivity index (χ2n) is 5.36. The Labute approximate surface area is 119 Å². The van der Waals surface area contributed by atoms with E-state index >= 15 is 0 Å². The molecule has 0 fully saturated rings. The quantitative estimate of drug-likeness (QED) is 0.807. The van der Waals surface area contributed by atoms with Gasteiger partial charge in [-0.05, 0) is 30.9 Å². The zero-order valence-corrected chi connectivity index (χ0v) is 11.9. The van der Waals surface area contributed by atoms with E-state index < -0.39 is 5.41 Å². The van der Waals surface area contributed by atoms with Crippen LogP contribution >= 0.6 is 0 Å². The molecule has 0 saturated heterocycles. The fourth-order valence-electron chi connectivity index (χ4n) is 2.47. The predicted molar refractivity (Wildman–Crippen MR) is 78.4 cm³/mol. The molecule has 0 spiro atoms. The topological polar surface area (TPSA) is 58.3 Å². The van der Waals surface area contributed by atoms with E-state index in [4.69, 9.17) is 0 Å². The highest BCUT2D eigenvalue weighted by Gasteiger charge is 2.30. The standard InChI is InChI=1S/C16H22N2O2/c1-2-18-11-15(10-17-18)9-16(12-19,13-20)8-14-6-4-3-5-7-14/h3-7,10-11,19-20H,2,8-9,12-13H2,1H3. The first-order valence-electron chi connectivity index (χ1n) is 6.98. The summed E-state index contributed by atoms with van der Waals surface area (Å²) in [6.07, 6.45) is 5.06. The molecule has 2 aromatic rings. The molecule has 0 atom stereocenters. The molecule has 0 amide bonds. The molecule has 0 unspecified atom stereocenters. The third-order valence-corrected chi connectivity index (χ3v) is 3.68. The number of aryl methyl sites for hydroxylation is 1. The number of aliphatic hydroxyl groups excluding tert-OH is 2. The molecular weight excluding hydrogens is 252 g/mol. The summed E-state index contributed by atoms with van der Waals surface area (Å²) in [4.78, 5) is 0. The summed E-state index contributed by atoms with van der Waals surface area (Å²) in [6.45, 7) is 2.77. The van der Waals surface area contributed by atoms with Crippen LogP contribution in [-0.2, 0) is 19.4 Å². The lowest BCUT2D eigenvalue weighted by molar-refractivity contribution is 0.0547. The number of hydrogen-bond acceptors (Lipinski definition) is 3. The molecule has 1 heterocycles. The van der Waals surface area contributed by atoms with Crippen molar-refractivity contribution in [3.8, 4) is 0 Å². The van der Waals surface area contributed by atoms with E-state index in [1.54, 1.807) is 0 Å². The zero-order chi connectivity index (χ0) is 14.4. The summed E-state index contributed by atoms with van der Waals surface area (Å²) in [7, 11) is 0. The molecule has 0 aliphatic rings. The first-order valence-corrected chi connectivity index (χ1v) is 6.98. The Kier molecular flexibility index (Phi) is 4.93. The van der Waals surface area contributed by atoms with E-state index in [1.807, 2.05) is 54.3 Å². The van der Waals surface area contributed by atoms with Crippen molar-refractivity contribution in [1.29, 1.82) is 0 Å². The van der Waals surface area contributed by atoms with Gasteiger partial charge >= 0.3 is 0 Å². The van der Waals surface area contributed by atoms with Crippen LogP contribution in [0.25, 0.3) is 0 Å². The molecular formula is C16H22N2O2. The summed E-state index contributed by atoms with van der Waals surface area (Å²) < 4.78 is 1.86. The molecule has 0 aliphatic carbocycles. The van der Waals surface area contributed by atoms with Gasteiger partial charge in [0, 0.05) is 18.2 Å². The Hall–Kier alpha value is -1.65. The number of aromatic nitrogens is 2. The van der Waals surface area contributed by atoms with Gasteiger partial charge in [-0.3, -0.25) is 4.68 Å². The number of benzene rings is 1. The maximum Gasteiger partial charge on any atom is 0.0521 e. The van der Waals surface area contributed by atoms with Gasteiger partial charge in [-0.15, -0.1) is 0 Å². The fraction of sp³-hybridized carbons (Fsp3) is 0.438. The third kappa shape index (κ3) is 3.46. The molecule has 0 bridgehead atoms. The lowest BCUT2D eigenvalue weighted by atomic mass is 9.78. The van der Waals surface area contributed by atoms with Gasteiger partial charge in [0.1, 0.15) is 0 Å². The van der Waals surface area contributed by atoms with Gasteiger partial charge in [-0.2, -0.15) is 5.10 Å². The highest BCUT2D eigenvalue weighted by atomic mass is 16.3. The summed E-state index contributed by atoms with van der Waals surface area (Å²) in [5, 5.41) is 23.8. The van der Waals surface area contributed by atoms with Gasteiger partial charge in [0.25, 0.3) is 0 Å². The SMILES string of the molecule is CCn1cc(CC(CO)(CO)Cc2ccccc2)cn1. The first-order chi connectivity index (χ1) is 9.71. The number of aliphatic hydroxyl groups is 2. The molecule has 1 aromatic heterocycles. The minimum Gasteiger partial charge on any atom is -0.396 e. The molecule has 4 nitrogen and oxygen atoms in total. The highest BCUT2D eigenvalue weighted by Crippen LogP contribution is 2.27. The van der Waals surface area contributed by atoms with Crippen molar-refractivity contribution in [2.75, 3.05) is 13.2 Å². The maximum atomic E-state index is 9.78. The lowest BCUT2D eigenvalue weighted by Gasteiger charge is -2.29. The van der Waals surface area contributed by atoms with Crippen molar-refractivity contribution in [2.24, 2.45) is 5.41 Å². The van der Waals surface area contributed by atoms with Gasteiger partial charge < -0.3 is 10.2 Å².